The SMILES string of the molecule is CCCc1ccc(CN2CC(=O)c3cccnc3C2)cc1. The minimum absolute atomic E-state index is 0.173. The van der Waals surface area contributed by atoms with Crippen LogP contribution in [0.4, 0.5) is 0 Å². The van der Waals surface area contributed by atoms with E-state index in [1.165, 1.54) is 17.5 Å². The number of carbonyl (C=O) groups excluding carboxylic acids is 1. The molecule has 1 aliphatic heterocycles. The van der Waals surface area contributed by atoms with Gasteiger partial charge in [0.1, 0.15) is 0 Å². The Bertz CT molecular complexity index is 634. The number of aromatic nitrogens is 1. The normalized spacial score (nSPS) is 15.0. The topological polar surface area (TPSA) is 33.2 Å². The van der Waals surface area contributed by atoms with Crippen molar-refractivity contribution in [3.63, 3.8) is 0 Å². The lowest BCUT2D eigenvalue weighted by Crippen LogP contribution is -2.35. The van der Waals surface area contributed by atoms with E-state index in [1.54, 1.807) is 6.20 Å². The Labute approximate surface area is 125 Å². The van der Waals surface area contributed by atoms with Crippen LogP contribution in [0.2, 0.25) is 0 Å². The smallest absolute Gasteiger partial charge is 0.178 e. The van der Waals surface area contributed by atoms with Crippen LogP contribution in [-0.4, -0.2) is 22.2 Å². The number of nitrogens with zero attached hydrogens (tertiary/aromatic N) is 2. The van der Waals surface area contributed by atoms with Crippen molar-refractivity contribution in [1.82, 2.24) is 9.88 Å². The number of hydrogen-bond acceptors (Lipinski definition) is 3. The van der Waals surface area contributed by atoms with E-state index in [9.17, 15) is 4.79 Å². The van der Waals surface area contributed by atoms with Crippen molar-refractivity contribution in [1.29, 1.82) is 0 Å². The number of hydrogen-bond donors (Lipinski definition) is 0. The summed E-state index contributed by atoms with van der Waals surface area (Å²) in [4.78, 5) is 18.6. The van der Waals surface area contributed by atoms with Crippen LogP contribution in [0.3, 0.4) is 0 Å². The summed E-state index contributed by atoms with van der Waals surface area (Å²) >= 11 is 0. The minimum atomic E-state index is 0.173. The highest BCUT2D eigenvalue weighted by atomic mass is 16.1. The molecule has 0 radical (unpaired) electrons. The van der Waals surface area contributed by atoms with Gasteiger partial charge in [0.2, 0.25) is 0 Å². The number of Topliss-reactive ketones (excluding diaryl/α,β-unsaturated/α-hetero) is 1. The standard InChI is InChI=1S/C18H20N2O/c1-2-4-14-6-8-15(9-7-14)11-20-12-17-16(18(21)13-20)5-3-10-19-17/h3,5-10H,2,4,11-13H2,1H3. The third kappa shape index (κ3) is 3.19. The van der Waals surface area contributed by atoms with Crippen LogP contribution in [0.25, 0.3) is 0 Å². The van der Waals surface area contributed by atoms with E-state index in [4.69, 9.17) is 0 Å². The first kappa shape index (κ1) is 14.0. The van der Waals surface area contributed by atoms with Crippen LogP contribution in [0.15, 0.2) is 42.6 Å². The Kier molecular flexibility index (Phi) is 4.11. The molecule has 1 aliphatic rings. The highest BCUT2D eigenvalue weighted by Crippen LogP contribution is 2.18. The van der Waals surface area contributed by atoms with Gasteiger partial charge in [-0.3, -0.25) is 14.7 Å². The average molecular weight is 280 g/mol. The first-order valence-corrected chi connectivity index (χ1v) is 7.53. The molecule has 0 bridgehead atoms. The molecule has 3 rings (SSSR count). The second-order valence-corrected chi connectivity index (χ2v) is 5.63. The van der Waals surface area contributed by atoms with Gasteiger partial charge in [0, 0.05) is 24.8 Å². The van der Waals surface area contributed by atoms with E-state index in [0.717, 1.165) is 30.8 Å². The molecule has 108 valence electrons. The number of rotatable bonds is 4. The molecule has 1 aromatic heterocycles. The highest BCUT2D eigenvalue weighted by molar-refractivity contribution is 5.99. The molecule has 1 aromatic carbocycles. The fourth-order valence-electron chi connectivity index (χ4n) is 2.84. The number of carbonyl (C=O) groups is 1. The molecule has 0 amide bonds. The van der Waals surface area contributed by atoms with Crippen LogP contribution in [0, 0.1) is 0 Å². The third-order valence-electron chi connectivity index (χ3n) is 3.90. The molecule has 0 N–H and O–H groups in total. The summed E-state index contributed by atoms with van der Waals surface area (Å²) < 4.78 is 0. The monoisotopic (exact) mass is 280 g/mol. The van der Waals surface area contributed by atoms with Crippen molar-refractivity contribution in [2.45, 2.75) is 32.9 Å². The fourth-order valence-corrected chi connectivity index (χ4v) is 2.84. The van der Waals surface area contributed by atoms with Gasteiger partial charge in [-0.2, -0.15) is 0 Å². The Morgan fingerprint density at radius 3 is 2.62 bits per heavy atom. The molecule has 21 heavy (non-hydrogen) atoms. The number of ketones is 1. The van der Waals surface area contributed by atoms with Crippen molar-refractivity contribution in [3.05, 3.63) is 65.0 Å². The van der Waals surface area contributed by atoms with Crippen molar-refractivity contribution < 1.29 is 4.79 Å². The fraction of sp³-hybridized carbons (Fsp3) is 0.333. The summed E-state index contributed by atoms with van der Waals surface area (Å²) in [5.74, 6) is 0.173. The number of aryl methyl sites for hydroxylation is 1. The van der Waals surface area contributed by atoms with E-state index >= 15 is 0 Å². The molecule has 0 aliphatic carbocycles. The Hall–Kier alpha value is -2.00. The van der Waals surface area contributed by atoms with Crippen molar-refractivity contribution >= 4 is 5.78 Å². The van der Waals surface area contributed by atoms with Gasteiger partial charge in [0.05, 0.1) is 12.2 Å². The molecule has 3 heteroatoms. The van der Waals surface area contributed by atoms with Gasteiger partial charge in [-0.25, -0.2) is 0 Å². The van der Waals surface area contributed by atoms with Crippen LogP contribution in [0.5, 0.6) is 0 Å². The Morgan fingerprint density at radius 1 is 1.10 bits per heavy atom. The van der Waals surface area contributed by atoms with Crippen LogP contribution < -0.4 is 0 Å². The third-order valence-corrected chi connectivity index (χ3v) is 3.90. The van der Waals surface area contributed by atoms with E-state index in [1.807, 2.05) is 12.1 Å². The molecule has 0 saturated heterocycles. The van der Waals surface area contributed by atoms with Crippen LogP contribution in [0.1, 0.15) is 40.5 Å². The van der Waals surface area contributed by atoms with E-state index < -0.39 is 0 Å². The number of benzene rings is 1. The van der Waals surface area contributed by atoms with Crippen LogP contribution in [-0.2, 0) is 19.5 Å². The van der Waals surface area contributed by atoms with Gasteiger partial charge in [0.25, 0.3) is 0 Å². The zero-order chi connectivity index (χ0) is 14.7. The highest BCUT2D eigenvalue weighted by Gasteiger charge is 2.23. The maximum absolute atomic E-state index is 12.1. The van der Waals surface area contributed by atoms with Gasteiger partial charge in [-0.05, 0) is 29.7 Å². The quantitative estimate of drug-likeness (QED) is 0.862. The van der Waals surface area contributed by atoms with Crippen LogP contribution >= 0.6 is 0 Å². The van der Waals surface area contributed by atoms with Crippen molar-refractivity contribution in [2.24, 2.45) is 0 Å². The van der Waals surface area contributed by atoms with Gasteiger partial charge in [0.15, 0.2) is 5.78 Å². The zero-order valence-corrected chi connectivity index (χ0v) is 12.4. The number of fused-ring (bicyclic) bond motifs is 1. The van der Waals surface area contributed by atoms with E-state index in [2.05, 4.69) is 41.1 Å². The molecule has 3 nitrogen and oxygen atoms in total. The average Bonchev–Trinajstić information content (AvgIpc) is 2.50. The molecule has 2 aromatic rings. The van der Waals surface area contributed by atoms with Gasteiger partial charge >= 0.3 is 0 Å². The molecule has 0 spiro atoms. The second-order valence-electron chi connectivity index (χ2n) is 5.63. The lowest BCUT2D eigenvalue weighted by Gasteiger charge is -2.26. The van der Waals surface area contributed by atoms with Crippen molar-refractivity contribution in [3.8, 4) is 0 Å². The zero-order valence-electron chi connectivity index (χ0n) is 12.4. The maximum atomic E-state index is 12.1. The summed E-state index contributed by atoms with van der Waals surface area (Å²) in [6.07, 6.45) is 4.05. The molecular weight excluding hydrogens is 260 g/mol. The molecule has 2 heterocycles. The number of pyridine rings is 1. The van der Waals surface area contributed by atoms with Crippen molar-refractivity contribution in [2.75, 3.05) is 6.54 Å². The molecular formula is C18H20N2O. The molecule has 0 unspecified atom stereocenters. The predicted octanol–water partition coefficient (Wildman–Crippen LogP) is 3.23. The summed E-state index contributed by atoms with van der Waals surface area (Å²) in [5, 5.41) is 0. The van der Waals surface area contributed by atoms with Gasteiger partial charge in [-0.1, -0.05) is 37.6 Å². The van der Waals surface area contributed by atoms with Gasteiger partial charge < -0.3 is 0 Å². The Morgan fingerprint density at radius 2 is 1.86 bits per heavy atom. The molecule has 0 atom stereocenters. The minimum Gasteiger partial charge on any atom is -0.293 e. The first-order valence-electron chi connectivity index (χ1n) is 7.53. The Balaban J connectivity index is 1.70. The van der Waals surface area contributed by atoms with Gasteiger partial charge in [-0.15, -0.1) is 0 Å². The van der Waals surface area contributed by atoms with E-state index in [0.29, 0.717) is 6.54 Å². The maximum Gasteiger partial charge on any atom is 0.178 e. The molecule has 0 fully saturated rings. The summed E-state index contributed by atoms with van der Waals surface area (Å²) in [6.45, 7) is 4.22. The second kappa shape index (κ2) is 6.19. The summed E-state index contributed by atoms with van der Waals surface area (Å²) in [7, 11) is 0. The summed E-state index contributed by atoms with van der Waals surface area (Å²) in [6, 6.07) is 12.4. The predicted molar refractivity (Wildman–Crippen MR) is 83.1 cm³/mol. The molecule has 0 saturated carbocycles. The van der Waals surface area contributed by atoms with E-state index in [-0.39, 0.29) is 5.78 Å². The first-order chi connectivity index (χ1) is 10.3. The summed E-state index contributed by atoms with van der Waals surface area (Å²) in [5.41, 5.74) is 4.31. The lowest BCUT2D eigenvalue weighted by molar-refractivity contribution is 0.0891. The lowest BCUT2D eigenvalue weighted by atomic mass is 10.0. The largest absolute Gasteiger partial charge is 0.293 e.